The van der Waals surface area contributed by atoms with Gasteiger partial charge in [-0.05, 0) is 25.1 Å². The lowest BCUT2D eigenvalue weighted by atomic mass is 10.1. The van der Waals surface area contributed by atoms with Crippen molar-refractivity contribution in [3.63, 3.8) is 0 Å². The molecule has 1 aromatic heterocycles. The minimum Gasteiger partial charge on any atom is -0.323 e. The van der Waals surface area contributed by atoms with Gasteiger partial charge in [0.1, 0.15) is 5.82 Å². The Morgan fingerprint density at radius 2 is 2.00 bits per heavy atom. The lowest BCUT2D eigenvalue weighted by Crippen LogP contribution is -2.00. The van der Waals surface area contributed by atoms with Crippen LogP contribution < -0.4 is 0 Å². The van der Waals surface area contributed by atoms with E-state index >= 15 is 0 Å². The van der Waals surface area contributed by atoms with Gasteiger partial charge in [-0.3, -0.25) is 0 Å². The Balaban J connectivity index is 2.21. The first-order chi connectivity index (χ1) is 9.79. The Kier molecular flexibility index (Phi) is 3.22. The van der Waals surface area contributed by atoms with E-state index in [1.807, 2.05) is 24.3 Å². The Morgan fingerprint density at radius 3 is 2.80 bits per heavy atom. The molecule has 3 heteroatoms. The van der Waals surface area contributed by atoms with Gasteiger partial charge in [-0.15, -0.1) is 0 Å². The molecule has 0 amide bonds. The highest BCUT2D eigenvalue weighted by atomic mass is 15.1. The molecule has 0 aliphatic rings. The average Bonchev–Trinajstić information content (AvgIpc) is 2.84. The smallest absolute Gasteiger partial charge is 0.141 e. The van der Waals surface area contributed by atoms with Crippen molar-refractivity contribution in [3.05, 3.63) is 54.1 Å². The van der Waals surface area contributed by atoms with Crippen LogP contribution in [0.15, 0.2) is 48.5 Å². The largest absolute Gasteiger partial charge is 0.323 e. The first-order valence-corrected chi connectivity index (χ1v) is 6.69. The van der Waals surface area contributed by atoms with E-state index in [1.54, 1.807) is 0 Å². The van der Waals surface area contributed by atoms with Crippen LogP contribution in [0.25, 0.3) is 22.4 Å². The van der Waals surface area contributed by atoms with Crippen LogP contribution in [0.4, 0.5) is 0 Å². The van der Waals surface area contributed by atoms with Crippen molar-refractivity contribution in [1.82, 2.24) is 9.55 Å². The molecular formula is C17H15N3. The second-order valence-electron chi connectivity index (χ2n) is 4.85. The normalized spacial score (nSPS) is 10.6. The van der Waals surface area contributed by atoms with Crippen LogP contribution in [0.1, 0.15) is 12.0 Å². The van der Waals surface area contributed by atoms with Gasteiger partial charge in [0.2, 0.25) is 0 Å². The molecule has 3 aromatic rings. The van der Waals surface area contributed by atoms with Gasteiger partial charge >= 0.3 is 0 Å². The fraction of sp³-hybridized carbons (Fsp3) is 0.176. The van der Waals surface area contributed by atoms with E-state index in [0.29, 0.717) is 13.0 Å². The standard InChI is InChI=1S/C17H15N3/c1-13-6-4-7-14(12-13)17-19-15-8-2-3-9-16(15)20(17)11-5-10-18/h2-4,6-9,12H,5,11H2,1H3. The van der Waals surface area contributed by atoms with Crippen molar-refractivity contribution in [2.45, 2.75) is 19.9 Å². The van der Waals surface area contributed by atoms with Gasteiger partial charge in [0, 0.05) is 12.1 Å². The van der Waals surface area contributed by atoms with Crippen molar-refractivity contribution in [2.75, 3.05) is 0 Å². The Labute approximate surface area is 118 Å². The van der Waals surface area contributed by atoms with Crippen LogP contribution in [-0.2, 0) is 6.54 Å². The summed E-state index contributed by atoms with van der Waals surface area (Å²) in [6.07, 6.45) is 0.485. The average molecular weight is 261 g/mol. The molecular weight excluding hydrogens is 246 g/mol. The quantitative estimate of drug-likeness (QED) is 0.717. The summed E-state index contributed by atoms with van der Waals surface area (Å²) in [4.78, 5) is 4.73. The summed E-state index contributed by atoms with van der Waals surface area (Å²) in [6.45, 7) is 2.74. The predicted molar refractivity (Wildman–Crippen MR) is 80.1 cm³/mol. The van der Waals surface area contributed by atoms with Crippen molar-refractivity contribution in [2.24, 2.45) is 0 Å². The third kappa shape index (κ3) is 2.17. The summed E-state index contributed by atoms with van der Waals surface area (Å²) in [6, 6.07) is 18.6. The second-order valence-corrected chi connectivity index (χ2v) is 4.85. The summed E-state index contributed by atoms with van der Waals surface area (Å²) >= 11 is 0. The van der Waals surface area contributed by atoms with Crippen LogP contribution in [-0.4, -0.2) is 9.55 Å². The number of aromatic nitrogens is 2. The van der Waals surface area contributed by atoms with Crippen LogP contribution in [0.3, 0.4) is 0 Å². The number of nitriles is 1. The molecule has 3 nitrogen and oxygen atoms in total. The van der Waals surface area contributed by atoms with E-state index in [2.05, 4.69) is 41.8 Å². The molecule has 0 aliphatic heterocycles. The van der Waals surface area contributed by atoms with Gasteiger partial charge < -0.3 is 4.57 Å². The molecule has 2 aromatic carbocycles. The first kappa shape index (κ1) is 12.4. The minimum absolute atomic E-state index is 0.485. The third-order valence-electron chi connectivity index (χ3n) is 3.38. The maximum atomic E-state index is 8.86. The van der Waals surface area contributed by atoms with E-state index in [1.165, 1.54) is 5.56 Å². The zero-order valence-electron chi connectivity index (χ0n) is 11.4. The monoisotopic (exact) mass is 261 g/mol. The van der Waals surface area contributed by atoms with Crippen LogP contribution in [0.2, 0.25) is 0 Å². The van der Waals surface area contributed by atoms with Crippen LogP contribution in [0.5, 0.6) is 0 Å². The molecule has 0 fully saturated rings. The van der Waals surface area contributed by atoms with Gasteiger partial charge in [-0.25, -0.2) is 4.98 Å². The number of aryl methyl sites for hydroxylation is 2. The maximum absolute atomic E-state index is 8.86. The Hall–Kier alpha value is -2.60. The molecule has 20 heavy (non-hydrogen) atoms. The number of nitrogens with zero attached hydrogens (tertiary/aromatic N) is 3. The van der Waals surface area contributed by atoms with Gasteiger partial charge in [0.15, 0.2) is 0 Å². The molecule has 1 heterocycles. The number of hydrogen-bond acceptors (Lipinski definition) is 2. The molecule has 0 aliphatic carbocycles. The Morgan fingerprint density at radius 1 is 1.15 bits per heavy atom. The number of hydrogen-bond donors (Lipinski definition) is 0. The van der Waals surface area contributed by atoms with Crippen LogP contribution in [0, 0.1) is 18.3 Å². The zero-order chi connectivity index (χ0) is 13.9. The first-order valence-electron chi connectivity index (χ1n) is 6.69. The van der Waals surface area contributed by atoms with E-state index < -0.39 is 0 Å². The number of rotatable bonds is 3. The molecule has 0 bridgehead atoms. The topological polar surface area (TPSA) is 41.6 Å². The summed E-state index contributed by atoms with van der Waals surface area (Å²) in [5, 5.41) is 8.86. The van der Waals surface area contributed by atoms with E-state index in [4.69, 9.17) is 10.2 Å². The van der Waals surface area contributed by atoms with Gasteiger partial charge in [0.05, 0.1) is 23.5 Å². The molecule has 0 radical (unpaired) electrons. The lowest BCUT2D eigenvalue weighted by Gasteiger charge is -2.07. The van der Waals surface area contributed by atoms with Gasteiger partial charge in [-0.1, -0.05) is 35.9 Å². The molecule has 0 N–H and O–H groups in total. The summed E-state index contributed by atoms with van der Waals surface area (Å²) < 4.78 is 2.13. The lowest BCUT2D eigenvalue weighted by molar-refractivity contribution is 0.744. The molecule has 0 unspecified atom stereocenters. The minimum atomic E-state index is 0.485. The predicted octanol–water partition coefficient (Wildman–Crippen LogP) is 3.93. The van der Waals surface area contributed by atoms with Crippen molar-refractivity contribution in [1.29, 1.82) is 5.26 Å². The molecule has 0 spiro atoms. The van der Waals surface area contributed by atoms with E-state index in [-0.39, 0.29) is 0 Å². The molecule has 0 saturated carbocycles. The maximum Gasteiger partial charge on any atom is 0.141 e. The number of fused-ring (bicyclic) bond motifs is 1. The van der Waals surface area contributed by atoms with Gasteiger partial charge in [0.25, 0.3) is 0 Å². The fourth-order valence-electron chi connectivity index (χ4n) is 2.47. The molecule has 0 atom stereocenters. The SMILES string of the molecule is Cc1cccc(-c2nc3ccccc3n2CCC#N)c1. The zero-order valence-corrected chi connectivity index (χ0v) is 11.4. The number of para-hydroxylation sites is 2. The highest BCUT2D eigenvalue weighted by molar-refractivity contribution is 5.80. The summed E-state index contributed by atoms with van der Waals surface area (Å²) in [5.41, 5.74) is 4.36. The molecule has 98 valence electrons. The second kappa shape index (κ2) is 5.18. The third-order valence-corrected chi connectivity index (χ3v) is 3.38. The fourth-order valence-corrected chi connectivity index (χ4v) is 2.47. The van der Waals surface area contributed by atoms with E-state index in [0.717, 1.165) is 22.4 Å². The van der Waals surface area contributed by atoms with Gasteiger partial charge in [-0.2, -0.15) is 5.26 Å². The number of benzene rings is 2. The highest BCUT2D eigenvalue weighted by Gasteiger charge is 2.11. The van der Waals surface area contributed by atoms with Crippen molar-refractivity contribution in [3.8, 4) is 17.5 Å². The summed E-state index contributed by atoms with van der Waals surface area (Å²) in [5.74, 6) is 0.935. The van der Waals surface area contributed by atoms with Crippen molar-refractivity contribution >= 4 is 11.0 Å². The van der Waals surface area contributed by atoms with Crippen molar-refractivity contribution < 1.29 is 0 Å². The Bertz CT molecular complexity index is 793. The molecule has 0 saturated heterocycles. The highest BCUT2D eigenvalue weighted by Crippen LogP contribution is 2.25. The van der Waals surface area contributed by atoms with Crippen LogP contribution >= 0.6 is 0 Å². The van der Waals surface area contributed by atoms with E-state index in [9.17, 15) is 0 Å². The molecule has 3 rings (SSSR count). The summed E-state index contributed by atoms with van der Waals surface area (Å²) in [7, 11) is 0. The number of imidazole rings is 1.